The summed E-state index contributed by atoms with van der Waals surface area (Å²) in [5, 5.41) is 3.01. The minimum atomic E-state index is -0.255. The Bertz CT molecular complexity index is 883. The first-order valence-electron chi connectivity index (χ1n) is 8.69. The van der Waals surface area contributed by atoms with Crippen molar-refractivity contribution in [3.05, 3.63) is 72.7 Å². The number of carbonyl (C=O) groups excluding carboxylic acids is 1. The Labute approximate surface area is 152 Å². The number of furan rings is 1. The van der Waals surface area contributed by atoms with Crippen molar-refractivity contribution in [1.29, 1.82) is 0 Å². The number of nitrogens with zero attached hydrogens (tertiary/aromatic N) is 1. The lowest BCUT2D eigenvalue weighted by atomic mass is 10.1. The van der Waals surface area contributed by atoms with Gasteiger partial charge in [-0.3, -0.25) is 4.79 Å². The SMILES string of the molecule is O=C(Nc1ccccc1N1CCOCC1)c1occc1-c1ccccc1. The number of hydrogen-bond acceptors (Lipinski definition) is 4. The van der Waals surface area contributed by atoms with Gasteiger partial charge in [-0.25, -0.2) is 0 Å². The largest absolute Gasteiger partial charge is 0.459 e. The van der Waals surface area contributed by atoms with Crippen LogP contribution in [0, 0.1) is 0 Å². The summed E-state index contributed by atoms with van der Waals surface area (Å²) in [6.45, 7) is 3.00. The van der Waals surface area contributed by atoms with Crippen LogP contribution in [-0.4, -0.2) is 32.2 Å². The second kappa shape index (κ2) is 7.45. The Morgan fingerprint density at radius 3 is 2.46 bits per heavy atom. The normalized spacial score (nSPS) is 14.2. The molecule has 3 aromatic rings. The summed E-state index contributed by atoms with van der Waals surface area (Å²) < 4.78 is 10.9. The van der Waals surface area contributed by atoms with Gasteiger partial charge >= 0.3 is 0 Å². The number of hydrogen-bond donors (Lipinski definition) is 1. The van der Waals surface area contributed by atoms with Crippen LogP contribution in [-0.2, 0) is 4.74 Å². The first-order chi connectivity index (χ1) is 12.8. The number of nitrogens with one attached hydrogen (secondary N) is 1. The number of anilines is 2. The zero-order valence-electron chi connectivity index (χ0n) is 14.4. The van der Waals surface area contributed by atoms with Crippen LogP contribution in [0.2, 0.25) is 0 Å². The molecule has 2 aromatic carbocycles. The van der Waals surface area contributed by atoms with E-state index < -0.39 is 0 Å². The summed E-state index contributed by atoms with van der Waals surface area (Å²) in [4.78, 5) is 15.1. The molecule has 0 unspecified atom stereocenters. The highest BCUT2D eigenvalue weighted by Gasteiger charge is 2.20. The smallest absolute Gasteiger partial charge is 0.292 e. The third kappa shape index (κ3) is 3.34. The lowest BCUT2D eigenvalue weighted by Crippen LogP contribution is -2.36. The molecule has 1 saturated heterocycles. The summed E-state index contributed by atoms with van der Waals surface area (Å²) in [6, 6.07) is 19.4. The van der Waals surface area contributed by atoms with Crippen molar-refractivity contribution < 1.29 is 13.9 Å². The number of benzene rings is 2. The van der Waals surface area contributed by atoms with Crippen LogP contribution in [0.1, 0.15) is 10.6 Å². The Morgan fingerprint density at radius 1 is 0.923 bits per heavy atom. The number of carbonyl (C=O) groups is 1. The van der Waals surface area contributed by atoms with Crippen molar-refractivity contribution in [1.82, 2.24) is 0 Å². The van der Waals surface area contributed by atoms with Gasteiger partial charge in [-0.15, -0.1) is 0 Å². The summed E-state index contributed by atoms with van der Waals surface area (Å²) >= 11 is 0. The van der Waals surface area contributed by atoms with Gasteiger partial charge in [0.1, 0.15) is 0 Å². The molecule has 0 aliphatic carbocycles. The molecule has 1 aliphatic rings. The second-order valence-electron chi connectivity index (χ2n) is 6.10. The van der Waals surface area contributed by atoms with Gasteiger partial charge in [0.25, 0.3) is 5.91 Å². The topological polar surface area (TPSA) is 54.7 Å². The predicted octanol–water partition coefficient (Wildman–Crippen LogP) is 4.04. The van der Waals surface area contributed by atoms with Gasteiger partial charge in [0.2, 0.25) is 0 Å². The highest BCUT2D eigenvalue weighted by molar-refractivity contribution is 6.08. The van der Waals surface area contributed by atoms with Crippen LogP contribution in [0.3, 0.4) is 0 Å². The maximum atomic E-state index is 12.9. The van der Waals surface area contributed by atoms with Crippen LogP contribution in [0.5, 0.6) is 0 Å². The van der Waals surface area contributed by atoms with Crippen molar-refractivity contribution in [3.63, 3.8) is 0 Å². The summed E-state index contributed by atoms with van der Waals surface area (Å²) in [6.07, 6.45) is 1.55. The molecule has 4 rings (SSSR count). The zero-order valence-corrected chi connectivity index (χ0v) is 14.4. The van der Waals surface area contributed by atoms with Crippen molar-refractivity contribution in [2.45, 2.75) is 0 Å². The molecule has 0 bridgehead atoms. The molecule has 132 valence electrons. The van der Waals surface area contributed by atoms with E-state index in [0.717, 1.165) is 35.6 Å². The number of ether oxygens (including phenoxy) is 1. The molecule has 5 nitrogen and oxygen atoms in total. The fourth-order valence-corrected chi connectivity index (χ4v) is 3.17. The Morgan fingerprint density at radius 2 is 1.65 bits per heavy atom. The Balaban J connectivity index is 1.59. The third-order valence-electron chi connectivity index (χ3n) is 4.46. The molecule has 0 saturated carbocycles. The number of rotatable bonds is 4. The number of amides is 1. The molecule has 1 N–H and O–H groups in total. The van der Waals surface area contributed by atoms with E-state index >= 15 is 0 Å². The minimum absolute atomic E-state index is 0.255. The molecule has 5 heteroatoms. The molecular weight excluding hydrogens is 328 g/mol. The van der Waals surface area contributed by atoms with E-state index in [-0.39, 0.29) is 5.91 Å². The highest BCUT2D eigenvalue weighted by atomic mass is 16.5. The molecule has 1 aliphatic heterocycles. The molecule has 0 spiro atoms. The number of morpholine rings is 1. The van der Waals surface area contributed by atoms with E-state index in [1.807, 2.05) is 60.7 Å². The van der Waals surface area contributed by atoms with Gasteiger partial charge in [0.15, 0.2) is 5.76 Å². The molecule has 0 radical (unpaired) electrons. The summed E-state index contributed by atoms with van der Waals surface area (Å²) in [5.41, 5.74) is 3.51. The first kappa shape index (κ1) is 16.4. The molecule has 1 amide bonds. The molecule has 0 atom stereocenters. The summed E-state index contributed by atoms with van der Waals surface area (Å²) in [7, 11) is 0. The Hall–Kier alpha value is -3.05. The van der Waals surface area contributed by atoms with E-state index in [1.54, 1.807) is 6.26 Å². The quantitative estimate of drug-likeness (QED) is 0.773. The molecule has 1 aromatic heterocycles. The maximum absolute atomic E-state index is 12.9. The summed E-state index contributed by atoms with van der Waals surface area (Å²) in [5.74, 6) is 0.0579. The van der Waals surface area contributed by atoms with Crippen molar-refractivity contribution in [2.75, 3.05) is 36.5 Å². The van der Waals surface area contributed by atoms with Crippen molar-refractivity contribution in [2.24, 2.45) is 0 Å². The van der Waals surface area contributed by atoms with Gasteiger partial charge in [-0.05, 0) is 23.8 Å². The Kier molecular flexibility index (Phi) is 4.71. The van der Waals surface area contributed by atoms with E-state index in [4.69, 9.17) is 9.15 Å². The van der Waals surface area contributed by atoms with E-state index in [9.17, 15) is 4.79 Å². The van der Waals surface area contributed by atoms with Crippen molar-refractivity contribution >= 4 is 17.3 Å². The van der Waals surface area contributed by atoms with Gasteiger partial charge < -0.3 is 19.4 Å². The van der Waals surface area contributed by atoms with Crippen LogP contribution in [0.25, 0.3) is 11.1 Å². The minimum Gasteiger partial charge on any atom is -0.459 e. The fraction of sp³-hybridized carbons (Fsp3) is 0.190. The maximum Gasteiger partial charge on any atom is 0.292 e. The number of para-hydroxylation sites is 2. The van der Waals surface area contributed by atoms with Crippen LogP contribution >= 0.6 is 0 Å². The molecule has 1 fully saturated rings. The lowest BCUT2D eigenvalue weighted by Gasteiger charge is -2.30. The zero-order chi connectivity index (χ0) is 17.8. The van der Waals surface area contributed by atoms with Gasteiger partial charge in [0.05, 0.1) is 30.9 Å². The predicted molar refractivity (Wildman–Crippen MR) is 102 cm³/mol. The van der Waals surface area contributed by atoms with Gasteiger partial charge in [-0.2, -0.15) is 0 Å². The second-order valence-corrected chi connectivity index (χ2v) is 6.10. The average Bonchev–Trinajstić information content (AvgIpc) is 3.20. The fourth-order valence-electron chi connectivity index (χ4n) is 3.17. The van der Waals surface area contributed by atoms with Crippen molar-refractivity contribution in [3.8, 4) is 11.1 Å². The molecule has 2 heterocycles. The van der Waals surface area contributed by atoms with Crippen LogP contribution < -0.4 is 10.2 Å². The van der Waals surface area contributed by atoms with Crippen LogP contribution in [0.15, 0.2) is 71.3 Å². The highest BCUT2D eigenvalue weighted by Crippen LogP contribution is 2.29. The standard InChI is InChI=1S/C21H20N2O3/c24-21(20-17(10-13-26-20)16-6-2-1-3-7-16)22-18-8-4-5-9-19(18)23-11-14-25-15-12-23/h1-10,13H,11-12,14-15H2,(H,22,24). The lowest BCUT2D eigenvalue weighted by molar-refractivity contribution is 0.0997. The van der Waals surface area contributed by atoms with Gasteiger partial charge in [0, 0.05) is 18.7 Å². The molecule has 26 heavy (non-hydrogen) atoms. The molecular formula is C21H20N2O3. The van der Waals surface area contributed by atoms with E-state index in [2.05, 4.69) is 10.2 Å². The first-order valence-corrected chi connectivity index (χ1v) is 8.69. The van der Waals surface area contributed by atoms with E-state index in [1.165, 1.54) is 0 Å². The van der Waals surface area contributed by atoms with Crippen LogP contribution in [0.4, 0.5) is 11.4 Å². The van der Waals surface area contributed by atoms with Gasteiger partial charge in [-0.1, -0.05) is 42.5 Å². The monoisotopic (exact) mass is 348 g/mol. The average molecular weight is 348 g/mol. The third-order valence-corrected chi connectivity index (χ3v) is 4.46. The van der Waals surface area contributed by atoms with E-state index in [0.29, 0.717) is 19.0 Å².